The minimum absolute atomic E-state index is 0.441. The van der Waals surface area contributed by atoms with E-state index in [0.29, 0.717) is 5.56 Å². The van der Waals surface area contributed by atoms with Crippen molar-refractivity contribution in [3.63, 3.8) is 0 Å². The number of ether oxygens (including phenoxy) is 1. The lowest BCUT2D eigenvalue weighted by atomic mass is 9.93. The molecule has 3 aromatic carbocycles. The molecule has 0 unspecified atom stereocenters. The highest BCUT2D eigenvalue weighted by Gasteiger charge is 2.36. The van der Waals surface area contributed by atoms with Gasteiger partial charge in [-0.2, -0.15) is 0 Å². The van der Waals surface area contributed by atoms with E-state index in [1.165, 1.54) is 0 Å². The molecule has 0 amide bonds. The molecule has 166 valence electrons. The third-order valence-corrected chi connectivity index (χ3v) is 7.13. The molecular weight excluding hydrogens is 568 g/mol. The molecule has 0 atom stereocenters. The van der Waals surface area contributed by atoms with Crippen LogP contribution in [0.4, 0.5) is 0 Å². The van der Waals surface area contributed by atoms with Crippen molar-refractivity contribution >= 4 is 50.7 Å². The van der Waals surface area contributed by atoms with Gasteiger partial charge in [0.25, 0.3) is 0 Å². The lowest BCUT2D eigenvalue weighted by molar-refractivity contribution is 0.0772. The number of aromatic amines is 1. The van der Waals surface area contributed by atoms with Crippen LogP contribution in [0.3, 0.4) is 0 Å². The van der Waals surface area contributed by atoms with Gasteiger partial charge in [0, 0.05) is 33.0 Å². The Labute approximate surface area is 213 Å². The van der Waals surface area contributed by atoms with E-state index in [1.807, 2.05) is 62.4 Å². The van der Waals surface area contributed by atoms with Crippen molar-refractivity contribution in [3.8, 4) is 39.5 Å². The Hall–Kier alpha value is -2.55. The zero-order valence-electron chi connectivity index (χ0n) is 17.6. The summed E-state index contributed by atoms with van der Waals surface area (Å²) in [5.74, 6) is 1.03. The Bertz CT molecular complexity index is 1380. The summed E-state index contributed by atoms with van der Waals surface area (Å²) in [5.41, 5.74) is 5.46. The highest BCUT2D eigenvalue weighted by molar-refractivity contribution is 9.11. The molecule has 0 fully saturated rings. The first-order valence-corrected chi connectivity index (χ1v) is 12.1. The second-order valence-corrected chi connectivity index (χ2v) is 10.1. The molecule has 5 rings (SSSR count). The molecule has 0 bridgehead atoms. The van der Waals surface area contributed by atoms with Crippen LogP contribution in [0.2, 0.25) is 0 Å². The maximum Gasteiger partial charge on any atom is 0.349 e. The number of carbonyl (C=O) groups excluding carboxylic acids is 1. The van der Waals surface area contributed by atoms with Crippen molar-refractivity contribution in [2.75, 3.05) is 0 Å². The van der Waals surface area contributed by atoms with E-state index in [1.54, 1.807) is 12.1 Å². The van der Waals surface area contributed by atoms with E-state index < -0.39 is 11.6 Å². The van der Waals surface area contributed by atoms with Crippen LogP contribution in [0.15, 0.2) is 69.6 Å². The van der Waals surface area contributed by atoms with Crippen LogP contribution < -0.4 is 4.74 Å². The molecule has 5 nitrogen and oxygen atoms in total. The number of nitrogens with one attached hydrogen (secondary N) is 1. The van der Waals surface area contributed by atoms with Gasteiger partial charge >= 0.3 is 5.97 Å². The van der Waals surface area contributed by atoms with Gasteiger partial charge in [0.05, 0.1) is 17.0 Å². The summed E-state index contributed by atoms with van der Waals surface area (Å²) in [4.78, 5) is 20.1. The van der Waals surface area contributed by atoms with Gasteiger partial charge in [-0.25, -0.2) is 9.78 Å². The maximum atomic E-state index is 11.7. The number of fused-ring (bicyclic) bond motifs is 3. The molecule has 4 aromatic rings. The summed E-state index contributed by atoms with van der Waals surface area (Å²) in [6.45, 7) is 4.05. The molecule has 8 heteroatoms. The summed E-state index contributed by atoms with van der Waals surface area (Å²) in [6.07, 6.45) is 0. The van der Waals surface area contributed by atoms with Crippen LogP contribution in [-0.4, -0.2) is 15.9 Å². The van der Waals surface area contributed by atoms with Gasteiger partial charge in [-0.05, 0) is 93.2 Å². The average Bonchev–Trinajstić information content (AvgIpc) is 3.24. The Morgan fingerprint density at radius 1 is 1.03 bits per heavy atom. The lowest BCUT2D eigenvalue weighted by Gasteiger charge is -2.32. The zero-order valence-corrected chi connectivity index (χ0v) is 21.7. The van der Waals surface area contributed by atoms with E-state index in [4.69, 9.17) is 9.72 Å². The number of H-pyrrole nitrogens is 1. The molecule has 0 aliphatic carbocycles. The van der Waals surface area contributed by atoms with Crippen molar-refractivity contribution in [1.29, 1.82) is 0 Å². The lowest BCUT2D eigenvalue weighted by Crippen LogP contribution is -2.29. The van der Waals surface area contributed by atoms with E-state index in [2.05, 4.69) is 53.9 Å². The molecule has 1 aromatic heterocycles. The number of rotatable bonds is 3. The number of nitrogens with zero attached hydrogens (tertiary/aromatic N) is 1. The number of hydrogen-bond donors (Lipinski definition) is 2. The number of aromatic nitrogens is 2. The second kappa shape index (κ2) is 8.34. The van der Waals surface area contributed by atoms with Crippen LogP contribution in [0, 0.1) is 0 Å². The third-order valence-electron chi connectivity index (χ3n) is 5.64. The largest absolute Gasteiger partial charge is 0.481 e. The summed E-state index contributed by atoms with van der Waals surface area (Å²) in [6, 6.07) is 19.2. The van der Waals surface area contributed by atoms with Crippen LogP contribution >= 0.6 is 44.8 Å². The van der Waals surface area contributed by atoms with Crippen LogP contribution in [0.5, 0.6) is 5.75 Å². The normalized spacial score (nSPS) is 13.6. The molecule has 0 spiro atoms. The van der Waals surface area contributed by atoms with E-state index in [-0.39, 0.29) is 0 Å². The highest BCUT2D eigenvalue weighted by atomic mass is 79.9. The fraction of sp³-hybridized carbons (Fsp3) is 0.120. The van der Waals surface area contributed by atoms with Gasteiger partial charge in [-0.3, -0.25) is 0 Å². The number of imidazole rings is 1. The van der Waals surface area contributed by atoms with Crippen molar-refractivity contribution in [2.24, 2.45) is 0 Å². The van der Waals surface area contributed by atoms with Crippen molar-refractivity contribution in [3.05, 3.63) is 80.9 Å². The number of hydrogen-bond acceptors (Lipinski definition) is 5. The quantitative estimate of drug-likeness (QED) is 0.192. The van der Waals surface area contributed by atoms with Crippen LogP contribution in [0.25, 0.3) is 33.8 Å². The average molecular weight is 586 g/mol. The minimum Gasteiger partial charge on any atom is -0.481 e. The number of benzene rings is 3. The molecule has 0 saturated heterocycles. The smallest absolute Gasteiger partial charge is 0.349 e. The first-order valence-electron chi connectivity index (χ1n) is 10.1. The van der Waals surface area contributed by atoms with Gasteiger partial charge in [0.15, 0.2) is 0 Å². The number of thiol groups is 1. The fourth-order valence-corrected chi connectivity index (χ4v) is 5.49. The van der Waals surface area contributed by atoms with E-state index in [9.17, 15) is 4.79 Å². The Kier molecular flexibility index (Phi) is 5.63. The van der Waals surface area contributed by atoms with Crippen molar-refractivity contribution in [2.45, 2.75) is 19.4 Å². The van der Waals surface area contributed by atoms with Gasteiger partial charge in [-0.15, -0.1) is 0 Å². The highest BCUT2D eigenvalue weighted by Crippen LogP contribution is 2.47. The summed E-state index contributed by atoms with van der Waals surface area (Å²) in [7, 11) is 0. The first kappa shape index (κ1) is 22.3. The van der Waals surface area contributed by atoms with Crippen LogP contribution in [-0.2, 0) is 9.78 Å². The van der Waals surface area contributed by atoms with E-state index >= 15 is 0 Å². The number of carbonyl (C=O) groups is 1. The predicted octanol–water partition coefficient (Wildman–Crippen LogP) is 7.56. The molecule has 1 aliphatic heterocycles. The molecule has 0 radical (unpaired) electrons. The Morgan fingerprint density at radius 3 is 2.36 bits per heavy atom. The molecule has 2 heterocycles. The maximum absolute atomic E-state index is 11.7. The molecule has 1 N–H and O–H groups in total. The zero-order chi connectivity index (χ0) is 23.3. The molecular formula is C25H18Br2N2O3S. The van der Waals surface area contributed by atoms with Crippen molar-refractivity contribution in [1.82, 2.24) is 9.97 Å². The minimum atomic E-state index is -0.597. The molecule has 33 heavy (non-hydrogen) atoms. The Balaban J connectivity index is 1.58. The second-order valence-electron chi connectivity index (χ2n) is 8.19. The van der Waals surface area contributed by atoms with Gasteiger partial charge < -0.3 is 13.9 Å². The van der Waals surface area contributed by atoms with Crippen LogP contribution in [0.1, 0.15) is 29.9 Å². The fourth-order valence-electron chi connectivity index (χ4n) is 4.01. The third kappa shape index (κ3) is 3.90. The SMILES string of the molecule is CC1(C)Oc2cc(-c3ccc(C(=O)OS)cc3)ccc2-c2nc(-c3c(Br)cccc3Br)[nH]c21. The summed E-state index contributed by atoms with van der Waals surface area (Å²) < 4.78 is 12.8. The van der Waals surface area contributed by atoms with Gasteiger partial charge in [0.1, 0.15) is 17.2 Å². The van der Waals surface area contributed by atoms with E-state index in [0.717, 1.165) is 54.2 Å². The first-order chi connectivity index (χ1) is 15.8. The van der Waals surface area contributed by atoms with Crippen molar-refractivity contribution < 1.29 is 13.7 Å². The standard InChI is InChI=1S/C25H18Br2N2O3S/c1-25(2)22-21(28-23(29-22)20-17(26)4-3-5-18(20)27)16-11-10-15(12-19(16)31-25)13-6-8-14(9-7-13)24(30)32-33/h3-12,33H,1-2H3,(H,28,29). The predicted molar refractivity (Wildman–Crippen MR) is 138 cm³/mol. The van der Waals surface area contributed by atoms with Gasteiger partial charge in [-0.1, -0.05) is 24.3 Å². The van der Waals surface area contributed by atoms with Gasteiger partial charge in [0.2, 0.25) is 0 Å². The Morgan fingerprint density at radius 2 is 1.70 bits per heavy atom. The monoisotopic (exact) mass is 584 g/mol. The molecule has 1 aliphatic rings. The summed E-state index contributed by atoms with van der Waals surface area (Å²) in [5, 5.41) is 0. The summed E-state index contributed by atoms with van der Waals surface area (Å²) >= 11 is 10.8. The number of halogens is 2. The molecule has 0 saturated carbocycles. The topological polar surface area (TPSA) is 64.2 Å².